The third-order valence-corrected chi connectivity index (χ3v) is 3.47. The summed E-state index contributed by atoms with van der Waals surface area (Å²) in [5, 5.41) is 0.225. The molecule has 2 heterocycles. The quantitative estimate of drug-likeness (QED) is 0.614. The zero-order valence-electron chi connectivity index (χ0n) is 9.52. The largest absolute Gasteiger partial charge is 0.469 e. The number of aromatic nitrogens is 1. The van der Waals surface area contributed by atoms with Crippen LogP contribution in [0.15, 0.2) is 16.7 Å². The molecule has 1 saturated heterocycles. The number of amides is 1. The molecular weight excluding hydrogens is 323 g/mol. The molecule has 1 fully saturated rings. The Hall–Kier alpha value is -1.14. The van der Waals surface area contributed by atoms with Gasteiger partial charge in [-0.3, -0.25) is 9.59 Å². The molecule has 0 saturated carbocycles. The lowest BCUT2D eigenvalue weighted by Gasteiger charge is -2.17. The van der Waals surface area contributed by atoms with Gasteiger partial charge in [0, 0.05) is 13.0 Å². The van der Waals surface area contributed by atoms with Gasteiger partial charge in [0.25, 0.3) is 0 Å². The van der Waals surface area contributed by atoms with E-state index < -0.39 is 5.92 Å². The molecule has 96 valence electrons. The molecule has 1 aliphatic heterocycles. The summed E-state index contributed by atoms with van der Waals surface area (Å²) in [6, 6.07) is 3.39. The zero-order valence-corrected chi connectivity index (χ0v) is 11.9. The van der Waals surface area contributed by atoms with Crippen molar-refractivity contribution in [3.05, 3.63) is 21.9 Å². The van der Waals surface area contributed by atoms with Crippen molar-refractivity contribution in [2.24, 2.45) is 5.92 Å². The normalized spacial score (nSPS) is 19.2. The van der Waals surface area contributed by atoms with Gasteiger partial charge in [0.2, 0.25) is 5.91 Å². The van der Waals surface area contributed by atoms with Gasteiger partial charge in [-0.1, -0.05) is 11.6 Å². The molecular formula is C11H10BrClN2O3. The monoisotopic (exact) mass is 332 g/mol. The molecule has 1 atom stereocenters. The number of rotatable bonds is 2. The summed E-state index contributed by atoms with van der Waals surface area (Å²) in [6.45, 7) is 0.272. The fraction of sp³-hybridized carbons (Fsp3) is 0.364. The van der Waals surface area contributed by atoms with Crippen molar-refractivity contribution in [3.63, 3.8) is 0 Å². The van der Waals surface area contributed by atoms with Gasteiger partial charge < -0.3 is 9.64 Å². The van der Waals surface area contributed by atoms with Crippen molar-refractivity contribution in [1.29, 1.82) is 0 Å². The summed E-state index contributed by atoms with van der Waals surface area (Å²) < 4.78 is 5.23. The number of ether oxygens (including phenoxy) is 1. The van der Waals surface area contributed by atoms with Crippen LogP contribution in [0, 0.1) is 5.92 Å². The minimum Gasteiger partial charge on any atom is -0.469 e. The topological polar surface area (TPSA) is 59.5 Å². The molecule has 5 nitrogen and oxygen atoms in total. The lowest BCUT2D eigenvalue weighted by atomic mass is 10.1. The molecule has 0 aliphatic carbocycles. The molecule has 1 aromatic rings. The van der Waals surface area contributed by atoms with Crippen LogP contribution in [0.2, 0.25) is 5.15 Å². The van der Waals surface area contributed by atoms with Gasteiger partial charge in [0.1, 0.15) is 4.60 Å². The van der Waals surface area contributed by atoms with Crippen molar-refractivity contribution in [2.45, 2.75) is 6.42 Å². The average Bonchev–Trinajstić information content (AvgIpc) is 2.70. The third-order valence-electron chi connectivity index (χ3n) is 2.75. The SMILES string of the molecule is COC(=O)C1CC(=O)N(c2ccc(Br)nc2Cl)C1. The van der Waals surface area contributed by atoms with Gasteiger partial charge in [-0.05, 0) is 28.1 Å². The Morgan fingerprint density at radius 3 is 2.94 bits per heavy atom. The van der Waals surface area contributed by atoms with Crippen LogP contribution in [0.3, 0.4) is 0 Å². The molecule has 0 spiro atoms. The summed E-state index contributed by atoms with van der Waals surface area (Å²) in [5.41, 5.74) is 0.510. The second-order valence-corrected chi connectivity index (χ2v) is 5.04. The van der Waals surface area contributed by atoms with Crippen LogP contribution in [-0.4, -0.2) is 30.5 Å². The molecule has 1 amide bonds. The van der Waals surface area contributed by atoms with Gasteiger partial charge >= 0.3 is 5.97 Å². The Balaban J connectivity index is 2.24. The molecule has 0 radical (unpaired) electrons. The van der Waals surface area contributed by atoms with Crippen LogP contribution in [-0.2, 0) is 14.3 Å². The number of esters is 1. The number of methoxy groups -OCH3 is 1. The van der Waals surface area contributed by atoms with Crippen LogP contribution in [0.4, 0.5) is 5.69 Å². The van der Waals surface area contributed by atoms with Crippen molar-refractivity contribution in [3.8, 4) is 0 Å². The molecule has 0 aromatic carbocycles. The molecule has 2 rings (SSSR count). The average molecular weight is 334 g/mol. The number of hydrogen-bond donors (Lipinski definition) is 0. The first-order valence-corrected chi connectivity index (χ1v) is 6.40. The lowest BCUT2D eigenvalue weighted by molar-refractivity contribution is -0.145. The van der Waals surface area contributed by atoms with Crippen LogP contribution < -0.4 is 4.90 Å². The molecule has 1 unspecified atom stereocenters. The van der Waals surface area contributed by atoms with Gasteiger partial charge in [-0.25, -0.2) is 4.98 Å². The molecule has 0 N–H and O–H groups in total. The van der Waals surface area contributed by atoms with Gasteiger partial charge in [-0.2, -0.15) is 0 Å². The number of nitrogens with zero attached hydrogens (tertiary/aromatic N) is 2. The van der Waals surface area contributed by atoms with E-state index in [1.54, 1.807) is 12.1 Å². The Bertz CT molecular complexity index is 509. The van der Waals surface area contributed by atoms with E-state index in [1.165, 1.54) is 12.0 Å². The molecule has 1 aliphatic rings. The number of halogens is 2. The number of pyridine rings is 1. The fourth-order valence-corrected chi connectivity index (χ4v) is 2.54. The summed E-state index contributed by atoms with van der Waals surface area (Å²) in [6.07, 6.45) is 0.138. The van der Waals surface area contributed by atoms with E-state index in [0.29, 0.717) is 10.3 Å². The number of carbonyl (C=O) groups is 2. The first-order valence-electron chi connectivity index (χ1n) is 5.23. The van der Waals surface area contributed by atoms with Crippen LogP contribution in [0.5, 0.6) is 0 Å². The molecule has 1 aromatic heterocycles. The van der Waals surface area contributed by atoms with Crippen molar-refractivity contribution in [1.82, 2.24) is 4.98 Å². The van der Waals surface area contributed by atoms with E-state index in [0.717, 1.165) is 0 Å². The zero-order chi connectivity index (χ0) is 13.3. The number of hydrogen-bond acceptors (Lipinski definition) is 4. The highest BCUT2D eigenvalue weighted by molar-refractivity contribution is 9.10. The minimum atomic E-state index is -0.442. The maximum Gasteiger partial charge on any atom is 0.311 e. The number of carbonyl (C=O) groups excluding carboxylic acids is 2. The highest BCUT2D eigenvalue weighted by Crippen LogP contribution is 2.31. The van der Waals surface area contributed by atoms with E-state index in [2.05, 4.69) is 25.7 Å². The summed E-state index contributed by atoms with van der Waals surface area (Å²) in [4.78, 5) is 28.8. The van der Waals surface area contributed by atoms with Gasteiger partial charge in [-0.15, -0.1) is 0 Å². The Morgan fingerprint density at radius 2 is 2.33 bits per heavy atom. The van der Waals surface area contributed by atoms with Crippen molar-refractivity contribution in [2.75, 3.05) is 18.6 Å². The van der Waals surface area contributed by atoms with Crippen LogP contribution in [0.1, 0.15) is 6.42 Å². The summed E-state index contributed by atoms with van der Waals surface area (Å²) in [7, 11) is 1.31. The predicted octanol–water partition coefficient (Wildman–Crippen LogP) is 2.02. The molecule has 18 heavy (non-hydrogen) atoms. The molecule has 7 heteroatoms. The Kier molecular flexibility index (Phi) is 3.87. The highest BCUT2D eigenvalue weighted by atomic mass is 79.9. The number of anilines is 1. The smallest absolute Gasteiger partial charge is 0.311 e. The highest BCUT2D eigenvalue weighted by Gasteiger charge is 2.36. The van der Waals surface area contributed by atoms with E-state index >= 15 is 0 Å². The van der Waals surface area contributed by atoms with Crippen LogP contribution in [0.25, 0.3) is 0 Å². The first kappa shape index (κ1) is 13.3. The maximum absolute atomic E-state index is 11.9. The third kappa shape index (κ3) is 2.49. The van der Waals surface area contributed by atoms with E-state index in [9.17, 15) is 9.59 Å². The van der Waals surface area contributed by atoms with E-state index in [4.69, 9.17) is 11.6 Å². The second-order valence-electron chi connectivity index (χ2n) is 3.87. The van der Waals surface area contributed by atoms with Gasteiger partial charge in [0.15, 0.2) is 5.15 Å². The van der Waals surface area contributed by atoms with Crippen LogP contribution >= 0.6 is 27.5 Å². The second kappa shape index (κ2) is 5.24. The van der Waals surface area contributed by atoms with Crippen molar-refractivity contribution >= 4 is 45.1 Å². The fourth-order valence-electron chi connectivity index (χ4n) is 1.87. The predicted molar refractivity (Wildman–Crippen MR) is 69.4 cm³/mol. The maximum atomic E-state index is 11.9. The van der Waals surface area contributed by atoms with Crippen molar-refractivity contribution < 1.29 is 14.3 Å². The first-order chi connectivity index (χ1) is 8.52. The summed E-state index contributed by atoms with van der Waals surface area (Å²) in [5.74, 6) is -0.981. The van der Waals surface area contributed by atoms with E-state index in [-0.39, 0.29) is 30.0 Å². The summed E-state index contributed by atoms with van der Waals surface area (Å²) >= 11 is 9.18. The Morgan fingerprint density at radius 1 is 1.61 bits per heavy atom. The lowest BCUT2D eigenvalue weighted by Crippen LogP contribution is -2.26. The van der Waals surface area contributed by atoms with Gasteiger partial charge in [0.05, 0.1) is 18.7 Å². The standard InChI is InChI=1S/C11H10BrClN2O3/c1-18-11(17)6-4-9(16)15(5-6)7-2-3-8(12)14-10(7)13/h2-3,6H,4-5H2,1H3. The minimum absolute atomic E-state index is 0.138. The molecule has 0 bridgehead atoms. The Labute approximate surface area is 117 Å². The van der Waals surface area contributed by atoms with E-state index in [1.807, 2.05) is 0 Å².